The molecular weight excluding hydrogens is 981 g/mol. The Labute approximate surface area is 494 Å². The van der Waals surface area contributed by atoms with Crippen molar-refractivity contribution < 1.29 is 24.2 Å². The van der Waals surface area contributed by atoms with Gasteiger partial charge in [0.2, 0.25) is 0 Å². The summed E-state index contributed by atoms with van der Waals surface area (Å²) in [4.78, 5) is 24.6. The molecule has 1 atom stereocenters. The van der Waals surface area contributed by atoms with E-state index in [-0.39, 0.29) is 25.2 Å². The van der Waals surface area contributed by atoms with E-state index in [0.29, 0.717) is 12.8 Å². The first-order valence-electron chi connectivity index (χ1n) is 33.0. The van der Waals surface area contributed by atoms with Gasteiger partial charge in [0.05, 0.1) is 6.61 Å². The second-order valence-corrected chi connectivity index (χ2v) is 21.5. The summed E-state index contributed by atoms with van der Waals surface area (Å²) in [7, 11) is 0. The number of aliphatic hydroxyl groups excluding tert-OH is 1. The third kappa shape index (κ3) is 66.0. The minimum atomic E-state index is -0.802. The lowest BCUT2D eigenvalue weighted by Crippen LogP contribution is -2.28. The van der Waals surface area contributed by atoms with Crippen molar-refractivity contribution in [3.63, 3.8) is 0 Å². The molecule has 0 bridgehead atoms. The first-order chi connectivity index (χ1) is 39.6. The molecule has 1 N–H and O–H groups in total. The minimum Gasteiger partial charge on any atom is -0.462 e. The number of unbranched alkanes of at least 4 members (excludes halogenated alkanes) is 25. The number of aliphatic hydroxyl groups is 1. The Balaban J connectivity index is 3.61. The van der Waals surface area contributed by atoms with Gasteiger partial charge in [0.15, 0.2) is 6.10 Å². The van der Waals surface area contributed by atoms with Crippen LogP contribution in [0.3, 0.4) is 0 Å². The molecule has 0 saturated carbocycles. The summed E-state index contributed by atoms with van der Waals surface area (Å²) >= 11 is 0. The topological polar surface area (TPSA) is 72.8 Å². The van der Waals surface area contributed by atoms with Gasteiger partial charge < -0.3 is 14.6 Å². The predicted molar refractivity (Wildman–Crippen MR) is 352 cm³/mol. The summed E-state index contributed by atoms with van der Waals surface area (Å²) in [6.45, 7) is 4.00. The highest BCUT2D eigenvalue weighted by Gasteiger charge is 2.16. The maximum Gasteiger partial charge on any atom is 0.306 e. The smallest absolute Gasteiger partial charge is 0.306 e. The molecular formula is C75H122O5. The summed E-state index contributed by atoms with van der Waals surface area (Å²) in [5.74, 6) is -0.632. The zero-order valence-electron chi connectivity index (χ0n) is 51.8. The normalized spacial score (nSPS) is 13.3. The van der Waals surface area contributed by atoms with E-state index in [0.717, 1.165) is 122 Å². The number of hydrogen-bond donors (Lipinski definition) is 1. The van der Waals surface area contributed by atoms with Crippen molar-refractivity contribution in [2.24, 2.45) is 0 Å². The Morgan fingerprint density at radius 2 is 0.537 bits per heavy atom. The number of rotatable bonds is 59. The summed E-state index contributed by atoms with van der Waals surface area (Å²) in [5.41, 5.74) is 0. The Kier molecular flexibility index (Phi) is 64.9. The fraction of sp³-hybridized carbons (Fsp3) is 0.627. The van der Waals surface area contributed by atoms with Crippen molar-refractivity contribution in [3.8, 4) is 0 Å². The molecule has 0 aromatic rings. The number of hydrogen-bond acceptors (Lipinski definition) is 5. The number of carbonyl (C=O) groups excluding carboxylic acids is 2. The maximum absolute atomic E-state index is 12.3. The van der Waals surface area contributed by atoms with Crippen LogP contribution in [0.4, 0.5) is 0 Å². The van der Waals surface area contributed by atoms with Crippen LogP contribution < -0.4 is 0 Å². The van der Waals surface area contributed by atoms with Gasteiger partial charge in [-0.15, -0.1) is 0 Å². The number of carbonyl (C=O) groups is 2. The number of esters is 2. The lowest BCUT2D eigenvalue weighted by atomic mass is 10.0. The SMILES string of the molecule is CC/C=C\C/C=C\C/C=C\C/C=C\C/C=C\C/C=C\C/C=C\C/C=C\C/C=C\C/C=C\C/C=C\CCCCCC(=O)OC(CO)COC(=O)CCCCCCCCCCCCCCCCCCC/C=C\C/C=C\CCCCCCC. The second kappa shape index (κ2) is 68.8. The third-order valence-corrected chi connectivity index (χ3v) is 13.8. The van der Waals surface area contributed by atoms with Crippen LogP contribution in [0.2, 0.25) is 0 Å². The van der Waals surface area contributed by atoms with E-state index in [2.05, 4.69) is 172 Å². The minimum absolute atomic E-state index is 0.0873. The number of ether oxygens (including phenoxy) is 2. The highest BCUT2D eigenvalue weighted by molar-refractivity contribution is 5.70. The standard InChI is InChI=1S/C75H122O5/c1-3-5-7-9-11-13-15-17-19-21-23-25-27-29-31-33-34-35-36-37-38-39-40-42-44-46-48-50-52-54-56-58-60-62-64-66-68-70-75(78)80-73(71-76)72-79-74(77)69-67-65-63-61-59-57-55-53-51-49-47-45-43-41-32-30-28-26-24-22-20-18-16-14-12-10-8-6-4-2/h5,7,11,13,16-19,22-25,29,31,34-35,37-38,40,42,46,48,52,54,58,60,73,76H,3-4,6,8-10,12,14-15,20-21,26-28,30,32-33,36,39,41,43-45,47,49-51,53,55-57,59,61-72H2,1-2H3/b7-5-,13-11-,18-16-,19-17-,24-22-,25-23-,31-29-,35-34-,38-37-,42-40-,48-46-,54-52-,60-58-. The van der Waals surface area contributed by atoms with Gasteiger partial charge in [0.1, 0.15) is 6.61 Å². The molecule has 0 aliphatic carbocycles. The van der Waals surface area contributed by atoms with Crippen molar-refractivity contribution in [1.29, 1.82) is 0 Å². The van der Waals surface area contributed by atoms with Crippen LogP contribution in [0.15, 0.2) is 158 Å². The van der Waals surface area contributed by atoms with E-state index in [1.807, 2.05) is 0 Å². The van der Waals surface area contributed by atoms with Crippen LogP contribution in [0.5, 0.6) is 0 Å². The highest BCUT2D eigenvalue weighted by atomic mass is 16.6. The lowest BCUT2D eigenvalue weighted by Gasteiger charge is -2.15. The molecule has 0 aliphatic rings. The summed E-state index contributed by atoms with van der Waals surface area (Å²) in [6.07, 6.45) is 105. The van der Waals surface area contributed by atoms with Crippen LogP contribution in [-0.2, 0) is 19.1 Å². The van der Waals surface area contributed by atoms with Gasteiger partial charge in [-0.25, -0.2) is 0 Å². The van der Waals surface area contributed by atoms with Crippen LogP contribution in [0.1, 0.15) is 284 Å². The van der Waals surface area contributed by atoms with Crippen molar-refractivity contribution in [1.82, 2.24) is 0 Å². The molecule has 5 nitrogen and oxygen atoms in total. The van der Waals surface area contributed by atoms with Crippen molar-refractivity contribution in [2.75, 3.05) is 13.2 Å². The molecule has 0 saturated heterocycles. The lowest BCUT2D eigenvalue weighted by molar-refractivity contribution is -0.161. The molecule has 0 amide bonds. The Morgan fingerprint density at radius 3 is 0.825 bits per heavy atom. The molecule has 0 spiro atoms. The summed E-state index contributed by atoms with van der Waals surface area (Å²) in [6, 6.07) is 0. The van der Waals surface area contributed by atoms with Crippen molar-refractivity contribution >= 4 is 11.9 Å². The van der Waals surface area contributed by atoms with Crippen molar-refractivity contribution in [2.45, 2.75) is 290 Å². The summed E-state index contributed by atoms with van der Waals surface area (Å²) < 4.78 is 10.7. The monoisotopic (exact) mass is 1100 g/mol. The third-order valence-electron chi connectivity index (χ3n) is 13.8. The number of allylic oxidation sites excluding steroid dienone is 26. The first-order valence-corrected chi connectivity index (χ1v) is 33.0. The van der Waals surface area contributed by atoms with Gasteiger partial charge >= 0.3 is 11.9 Å². The average Bonchev–Trinajstić information content (AvgIpc) is 3.46. The predicted octanol–water partition coefficient (Wildman–Crippen LogP) is 23.1. The van der Waals surface area contributed by atoms with E-state index < -0.39 is 6.10 Å². The van der Waals surface area contributed by atoms with Gasteiger partial charge in [-0.2, -0.15) is 0 Å². The van der Waals surface area contributed by atoms with E-state index >= 15 is 0 Å². The fourth-order valence-corrected chi connectivity index (χ4v) is 8.89. The Morgan fingerprint density at radius 1 is 0.300 bits per heavy atom. The maximum atomic E-state index is 12.3. The van der Waals surface area contributed by atoms with Crippen LogP contribution in [0, 0.1) is 0 Å². The zero-order chi connectivity index (χ0) is 57.6. The van der Waals surface area contributed by atoms with E-state index in [4.69, 9.17) is 9.47 Å². The summed E-state index contributed by atoms with van der Waals surface area (Å²) in [5, 5.41) is 9.68. The molecule has 0 rings (SSSR count). The molecule has 452 valence electrons. The van der Waals surface area contributed by atoms with Gasteiger partial charge in [-0.3, -0.25) is 9.59 Å². The molecule has 80 heavy (non-hydrogen) atoms. The van der Waals surface area contributed by atoms with Crippen LogP contribution >= 0.6 is 0 Å². The quantitative estimate of drug-likeness (QED) is 0.0373. The van der Waals surface area contributed by atoms with Gasteiger partial charge in [0, 0.05) is 12.8 Å². The molecule has 0 fully saturated rings. The largest absolute Gasteiger partial charge is 0.462 e. The highest BCUT2D eigenvalue weighted by Crippen LogP contribution is 2.16. The zero-order valence-corrected chi connectivity index (χ0v) is 51.8. The van der Waals surface area contributed by atoms with Gasteiger partial charge in [0.25, 0.3) is 0 Å². The molecule has 5 heteroatoms. The van der Waals surface area contributed by atoms with Gasteiger partial charge in [-0.05, 0) is 128 Å². The average molecular weight is 1100 g/mol. The fourth-order valence-electron chi connectivity index (χ4n) is 8.89. The molecule has 0 aromatic carbocycles. The van der Waals surface area contributed by atoms with E-state index in [1.54, 1.807) is 0 Å². The van der Waals surface area contributed by atoms with E-state index in [9.17, 15) is 14.7 Å². The molecule has 1 unspecified atom stereocenters. The van der Waals surface area contributed by atoms with Crippen molar-refractivity contribution in [3.05, 3.63) is 158 Å². The molecule has 0 aliphatic heterocycles. The molecule has 0 aromatic heterocycles. The van der Waals surface area contributed by atoms with Gasteiger partial charge in [-0.1, -0.05) is 300 Å². The second-order valence-electron chi connectivity index (χ2n) is 21.5. The van der Waals surface area contributed by atoms with Crippen LogP contribution in [-0.4, -0.2) is 36.4 Å². The van der Waals surface area contributed by atoms with E-state index in [1.165, 1.54) is 135 Å². The molecule has 0 heterocycles. The molecule has 0 radical (unpaired) electrons. The van der Waals surface area contributed by atoms with Crippen LogP contribution in [0.25, 0.3) is 0 Å². The first kappa shape index (κ1) is 75.5. The Bertz CT molecular complexity index is 1730. The Hall–Kier alpha value is -4.48.